The summed E-state index contributed by atoms with van der Waals surface area (Å²) < 4.78 is 5.38. The van der Waals surface area contributed by atoms with Gasteiger partial charge in [0.05, 0.1) is 13.7 Å². The van der Waals surface area contributed by atoms with E-state index < -0.39 is 0 Å². The maximum absolute atomic E-state index is 5.38. The van der Waals surface area contributed by atoms with Crippen LogP contribution in [0.15, 0.2) is 29.3 Å². The molecule has 1 fully saturated rings. The summed E-state index contributed by atoms with van der Waals surface area (Å²) in [5.74, 6) is 1.74. The van der Waals surface area contributed by atoms with Crippen LogP contribution < -0.4 is 15.4 Å². The number of methoxy groups -OCH3 is 1. The molecule has 2 rings (SSSR count). The number of ether oxygens (including phenoxy) is 1. The molecule has 0 aromatic heterocycles. The molecule has 1 aromatic carbocycles. The largest absolute Gasteiger partial charge is 0.496 e. The Hall–Kier alpha value is -1.75. The van der Waals surface area contributed by atoms with Crippen LogP contribution in [0.1, 0.15) is 32.3 Å². The van der Waals surface area contributed by atoms with Gasteiger partial charge in [-0.05, 0) is 39.8 Å². The van der Waals surface area contributed by atoms with E-state index in [1.165, 1.54) is 12.8 Å². The van der Waals surface area contributed by atoms with Crippen LogP contribution in [0.2, 0.25) is 0 Å². The molecule has 0 spiro atoms. The predicted octanol–water partition coefficient (Wildman–Crippen LogP) is 2.23. The number of aliphatic imine (C=N–C) groups is 1. The fourth-order valence-electron chi connectivity index (χ4n) is 2.57. The van der Waals surface area contributed by atoms with Gasteiger partial charge in [0.2, 0.25) is 0 Å². The number of nitrogens with zero attached hydrogens (tertiary/aromatic N) is 2. The zero-order valence-corrected chi connectivity index (χ0v) is 14.8. The third-order valence-corrected chi connectivity index (χ3v) is 4.33. The molecule has 0 heterocycles. The molecule has 5 nitrogen and oxygen atoms in total. The first-order valence-corrected chi connectivity index (χ1v) is 8.51. The lowest BCUT2D eigenvalue weighted by Gasteiger charge is -2.25. The van der Waals surface area contributed by atoms with E-state index in [-0.39, 0.29) is 0 Å². The monoisotopic (exact) mass is 318 g/mol. The van der Waals surface area contributed by atoms with Crippen molar-refractivity contribution in [3.63, 3.8) is 0 Å². The van der Waals surface area contributed by atoms with Gasteiger partial charge in [-0.25, -0.2) is 4.99 Å². The van der Waals surface area contributed by atoms with Crippen molar-refractivity contribution in [2.75, 3.05) is 27.2 Å². The quantitative estimate of drug-likeness (QED) is 0.570. The molecule has 1 aliphatic rings. The number of rotatable bonds is 8. The fourth-order valence-corrected chi connectivity index (χ4v) is 2.57. The van der Waals surface area contributed by atoms with Gasteiger partial charge >= 0.3 is 0 Å². The number of nitrogens with one attached hydrogen (secondary N) is 2. The van der Waals surface area contributed by atoms with Gasteiger partial charge in [0.25, 0.3) is 0 Å². The minimum atomic E-state index is 0.498. The lowest BCUT2D eigenvalue weighted by Crippen LogP contribution is -2.45. The number of likely N-dealkylation sites (N-methyl/N-ethyl adjacent to an activating group) is 1. The normalized spacial score (nSPS) is 16.3. The summed E-state index contributed by atoms with van der Waals surface area (Å²) in [6, 6.07) is 9.29. The molecule has 2 N–H and O–H groups in total. The molecule has 0 aliphatic heterocycles. The lowest BCUT2D eigenvalue weighted by atomic mass is 10.2. The Morgan fingerprint density at radius 3 is 2.74 bits per heavy atom. The van der Waals surface area contributed by atoms with Crippen molar-refractivity contribution >= 4 is 5.96 Å². The molecule has 1 unspecified atom stereocenters. The molecule has 0 amide bonds. The number of benzene rings is 1. The molecule has 1 aromatic rings. The Bertz CT molecular complexity index is 513. The second-order valence-corrected chi connectivity index (χ2v) is 6.13. The Kier molecular flexibility index (Phi) is 6.71. The first kappa shape index (κ1) is 17.6. The molecular formula is C18H30N4O. The average Bonchev–Trinajstić information content (AvgIpc) is 3.41. The van der Waals surface area contributed by atoms with Crippen LogP contribution in [0.4, 0.5) is 0 Å². The van der Waals surface area contributed by atoms with Crippen molar-refractivity contribution in [3.8, 4) is 5.75 Å². The predicted molar refractivity (Wildman–Crippen MR) is 96.1 cm³/mol. The number of hydrogen-bond acceptors (Lipinski definition) is 3. The maximum atomic E-state index is 5.38. The maximum Gasteiger partial charge on any atom is 0.191 e. The van der Waals surface area contributed by atoms with Gasteiger partial charge in [-0.1, -0.05) is 18.2 Å². The Morgan fingerprint density at radius 1 is 1.35 bits per heavy atom. The van der Waals surface area contributed by atoms with E-state index >= 15 is 0 Å². The summed E-state index contributed by atoms with van der Waals surface area (Å²) in [5, 5.41) is 6.76. The molecule has 1 saturated carbocycles. The van der Waals surface area contributed by atoms with E-state index in [2.05, 4.69) is 47.5 Å². The second kappa shape index (κ2) is 8.77. The molecule has 1 aliphatic carbocycles. The van der Waals surface area contributed by atoms with E-state index in [9.17, 15) is 0 Å². The molecule has 128 valence electrons. The van der Waals surface area contributed by atoms with Crippen LogP contribution >= 0.6 is 0 Å². The number of para-hydroxylation sites is 1. The number of guanidine groups is 1. The highest BCUT2D eigenvalue weighted by Gasteiger charge is 2.28. The lowest BCUT2D eigenvalue weighted by molar-refractivity contribution is 0.247. The van der Waals surface area contributed by atoms with E-state index in [1.807, 2.05) is 18.2 Å². The molecule has 5 heteroatoms. The topological polar surface area (TPSA) is 48.9 Å². The smallest absolute Gasteiger partial charge is 0.191 e. The van der Waals surface area contributed by atoms with Gasteiger partial charge in [-0.3, -0.25) is 4.90 Å². The highest BCUT2D eigenvalue weighted by molar-refractivity contribution is 5.79. The van der Waals surface area contributed by atoms with Crippen molar-refractivity contribution < 1.29 is 4.74 Å². The Morgan fingerprint density at radius 2 is 2.09 bits per heavy atom. The van der Waals surface area contributed by atoms with Crippen molar-refractivity contribution in [2.45, 2.75) is 45.3 Å². The first-order valence-electron chi connectivity index (χ1n) is 8.51. The third kappa shape index (κ3) is 5.43. The minimum Gasteiger partial charge on any atom is -0.496 e. The SMILES string of the molecule is CCNC(=NCc1ccccc1OC)NCC(C)N(C)C1CC1. The highest BCUT2D eigenvalue weighted by Crippen LogP contribution is 2.26. The molecular weight excluding hydrogens is 288 g/mol. The van der Waals surface area contributed by atoms with Crippen LogP contribution in [-0.4, -0.2) is 50.2 Å². The summed E-state index contributed by atoms with van der Waals surface area (Å²) in [6.07, 6.45) is 2.67. The summed E-state index contributed by atoms with van der Waals surface area (Å²) in [4.78, 5) is 7.14. The van der Waals surface area contributed by atoms with Crippen molar-refractivity contribution in [2.24, 2.45) is 4.99 Å². The van der Waals surface area contributed by atoms with Gasteiger partial charge in [-0.15, -0.1) is 0 Å². The first-order chi connectivity index (χ1) is 11.2. The van der Waals surface area contributed by atoms with Crippen molar-refractivity contribution in [1.82, 2.24) is 15.5 Å². The van der Waals surface area contributed by atoms with Crippen molar-refractivity contribution in [3.05, 3.63) is 29.8 Å². The molecule has 1 atom stereocenters. The minimum absolute atomic E-state index is 0.498. The van der Waals surface area contributed by atoms with E-state index in [0.29, 0.717) is 12.6 Å². The van der Waals surface area contributed by atoms with Crippen LogP contribution in [0.5, 0.6) is 5.75 Å². The summed E-state index contributed by atoms with van der Waals surface area (Å²) in [7, 11) is 3.91. The van der Waals surface area contributed by atoms with E-state index in [1.54, 1.807) is 7.11 Å². The molecule has 0 radical (unpaired) electrons. The van der Waals surface area contributed by atoms with Gasteiger partial charge in [-0.2, -0.15) is 0 Å². The van der Waals surface area contributed by atoms with Crippen LogP contribution in [0.25, 0.3) is 0 Å². The molecule has 0 saturated heterocycles. The summed E-state index contributed by atoms with van der Waals surface area (Å²) in [6.45, 7) is 6.69. The van der Waals surface area contributed by atoms with Gasteiger partial charge in [0.1, 0.15) is 5.75 Å². The summed E-state index contributed by atoms with van der Waals surface area (Å²) in [5.41, 5.74) is 1.09. The number of hydrogen-bond donors (Lipinski definition) is 2. The molecule has 0 bridgehead atoms. The molecule has 23 heavy (non-hydrogen) atoms. The fraction of sp³-hybridized carbons (Fsp3) is 0.611. The van der Waals surface area contributed by atoms with Gasteiger partial charge in [0, 0.05) is 30.7 Å². The van der Waals surface area contributed by atoms with E-state index in [4.69, 9.17) is 4.74 Å². The Balaban J connectivity index is 1.91. The zero-order chi connectivity index (χ0) is 16.7. The standard InChI is InChI=1S/C18H30N4O/c1-5-19-18(20-12-14(2)22(3)16-10-11-16)21-13-15-8-6-7-9-17(15)23-4/h6-9,14,16H,5,10-13H2,1-4H3,(H2,19,20,21). The zero-order valence-electron chi connectivity index (χ0n) is 14.8. The van der Waals surface area contributed by atoms with Crippen LogP contribution in [-0.2, 0) is 6.54 Å². The average molecular weight is 318 g/mol. The second-order valence-electron chi connectivity index (χ2n) is 6.13. The Labute approximate surface area is 140 Å². The van der Waals surface area contributed by atoms with Crippen LogP contribution in [0.3, 0.4) is 0 Å². The van der Waals surface area contributed by atoms with Crippen molar-refractivity contribution in [1.29, 1.82) is 0 Å². The van der Waals surface area contributed by atoms with Gasteiger partial charge in [0.15, 0.2) is 5.96 Å². The third-order valence-electron chi connectivity index (χ3n) is 4.33. The van der Waals surface area contributed by atoms with E-state index in [0.717, 1.165) is 36.4 Å². The highest BCUT2D eigenvalue weighted by atomic mass is 16.5. The van der Waals surface area contributed by atoms with Crippen LogP contribution in [0, 0.1) is 0 Å². The van der Waals surface area contributed by atoms with Gasteiger partial charge < -0.3 is 15.4 Å². The summed E-state index contributed by atoms with van der Waals surface area (Å²) >= 11 is 0.